The third kappa shape index (κ3) is 5.26. The molecule has 1 saturated heterocycles. The Balaban J connectivity index is 1.70. The minimum absolute atomic E-state index is 0.0397. The van der Waals surface area contributed by atoms with E-state index in [1.54, 1.807) is 4.90 Å². The number of carbonyl (C=O) groups excluding carboxylic acids is 2. The van der Waals surface area contributed by atoms with Crippen molar-refractivity contribution >= 4 is 11.9 Å². The molecule has 0 aliphatic carbocycles. The van der Waals surface area contributed by atoms with Crippen LogP contribution in [0.15, 0.2) is 6.07 Å². The highest BCUT2D eigenvalue weighted by Crippen LogP contribution is 2.10. The molecule has 0 spiro atoms. The molecule has 1 fully saturated rings. The third-order valence-electron chi connectivity index (χ3n) is 4.04. The van der Waals surface area contributed by atoms with Crippen LogP contribution >= 0.6 is 0 Å². The largest absolute Gasteiger partial charge is 0.352 e. The van der Waals surface area contributed by atoms with Crippen LogP contribution in [0.4, 0.5) is 4.79 Å². The average molecular weight is 321 g/mol. The fourth-order valence-electron chi connectivity index (χ4n) is 3.00. The Morgan fingerprint density at radius 1 is 1.39 bits per heavy atom. The van der Waals surface area contributed by atoms with Crippen molar-refractivity contribution in [2.24, 2.45) is 0 Å². The first kappa shape index (κ1) is 17.3. The first-order chi connectivity index (χ1) is 11.0. The number of nitrogens with zero attached hydrogens (tertiary/aromatic N) is 3. The van der Waals surface area contributed by atoms with Crippen LogP contribution in [0, 0.1) is 13.8 Å². The average Bonchev–Trinajstić information content (AvgIpc) is 2.81. The summed E-state index contributed by atoms with van der Waals surface area (Å²) in [6.07, 6.45) is 2.70. The minimum atomic E-state index is -0.0478. The molecular formula is C16H27N5O2. The van der Waals surface area contributed by atoms with Gasteiger partial charge in [0.15, 0.2) is 0 Å². The predicted octanol–water partition coefficient (Wildman–Crippen LogP) is 1.20. The molecule has 1 aromatic rings. The fraction of sp³-hybridized carbons (Fsp3) is 0.688. The number of urea groups is 1. The van der Waals surface area contributed by atoms with E-state index in [1.165, 1.54) is 6.92 Å². The zero-order valence-electron chi connectivity index (χ0n) is 14.3. The van der Waals surface area contributed by atoms with E-state index in [-0.39, 0.29) is 18.0 Å². The summed E-state index contributed by atoms with van der Waals surface area (Å²) < 4.78 is 1.97. The molecule has 0 radical (unpaired) electrons. The van der Waals surface area contributed by atoms with Crippen LogP contribution in [0.1, 0.15) is 37.6 Å². The zero-order chi connectivity index (χ0) is 16.8. The lowest BCUT2D eigenvalue weighted by Crippen LogP contribution is -2.52. The van der Waals surface area contributed by atoms with Gasteiger partial charge in [0.2, 0.25) is 5.91 Å². The van der Waals surface area contributed by atoms with E-state index < -0.39 is 0 Å². The van der Waals surface area contributed by atoms with E-state index in [2.05, 4.69) is 21.8 Å². The van der Waals surface area contributed by atoms with Gasteiger partial charge in [0, 0.05) is 44.8 Å². The number of likely N-dealkylation sites (tertiary alicyclic amines) is 1. The predicted molar refractivity (Wildman–Crippen MR) is 88.1 cm³/mol. The van der Waals surface area contributed by atoms with Gasteiger partial charge in [0.25, 0.3) is 0 Å². The molecule has 2 heterocycles. The quantitative estimate of drug-likeness (QED) is 0.800. The van der Waals surface area contributed by atoms with Crippen molar-refractivity contribution in [3.05, 3.63) is 17.5 Å². The van der Waals surface area contributed by atoms with Crippen LogP contribution in [0.3, 0.4) is 0 Å². The van der Waals surface area contributed by atoms with Crippen molar-refractivity contribution in [2.45, 2.75) is 52.6 Å². The van der Waals surface area contributed by atoms with Gasteiger partial charge >= 0.3 is 6.03 Å². The van der Waals surface area contributed by atoms with Crippen molar-refractivity contribution in [3.63, 3.8) is 0 Å². The lowest BCUT2D eigenvalue weighted by Gasteiger charge is -2.33. The lowest BCUT2D eigenvalue weighted by atomic mass is 10.1. The Hall–Kier alpha value is -2.05. The van der Waals surface area contributed by atoms with Crippen molar-refractivity contribution in [1.29, 1.82) is 0 Å². The first-order valence-electron chi connectivity index (χ1n) is 8.26. The van der Waals surface area contributed by atoms with E-state index >= 15 is 0 Å². The molecule has 1 atom stereocenters. The molecule has 0 bridgehead atoms. The Morgan fingerprint density at radius 2 is 2.17 bits per heavy atom. The Bertz CT molecular complexity index is 555. The zero-order valence-corrected chi connectivity index (χ0v) is 14.3. The molecule has 2 rings (SSSR count). The summed E-state index contributed by atoms with van der Waals surface area (Å²) in [5.74, 6) is -0.0397. The van der Waals surface area contributed by atoms with E-state index in [9.17, 15) is 9.59 Å². The van der Waals surface area contributed by atoms with Crippen LogP contribution in [-0.2, 0) is 11.3 Å². The second kappa shape index (κ2) is 7.99. The number of nitrogens with one attached hydrogen (secondary N) is 2. The first-order valence-corrected chi connectivity index (χ1v) is 8.26. The van der Waals surface area contributed by atoms with Crippen LogP contribution in [0.5, 0.6) is 0 Å². The molecule has 23 heavy (non-hydrogen) atoms. The summed E-state index contributed by atoms with van der Waals surface area (Å²) in [6, 6.07) is 2.07. The summed E-state index contributed by atoms with van der Waals surface area (Å²) in [6.45, 7) is 8.29. The van der Waals surface area contributed by atoms with E-state index in [0.717, 1.165) is 43.7 Å². The highest BCUT2D eigenvalue weighted by Gasteiger charge is 2.23. The molecule has 0 saturated carbocycles. The number of hydrogen-bond donors (Lipinski definition) is 2. The van der Waals surface area contributed by atoms with Crippen molar-refractivity contribution in [1.82, 2.24) is 25.3 Å². The lowest BCUT2D eigenvalue weighted by molar-refractivity contribution is -0.119. The molecule has 128 valence electrons. The number of amides is 3. The Morgan fingerprint density at radius 3 is 2.83 bits per heavy atom. The third-order valence-corrected chi connectivity index (χ3v) is 4.04. The molecule has 1 aliphatic rings. The van der Waals surface area contributed by atoms with E-state index in [4.69, 9.17) is 0 Å². The highest BCUT2D eigenvalue weighted by atomic mass is 16.2. The maximum Gasteiger partial charge on any atom is 0.317 e. The van der Waals surface area contributed by atoms with Crippen LogP contribution in [0.25, 0.3) is 0 Å². The summed E-state index contributed by atoms with van der Waals surface area (Å²) in [5, 5.41) is 10.3. The molecule has 2 N–H and O–H groups in total. The number of aromatic nitrogens is 2. The molecule has 1 aromatic heterocycles. The Labute approximate surface area is 137 Å². The second-order valence-corrected chi connectivity index (χ2v) is 6.22. The highest BCUT2D eigenvalue weighted by molar-refractivity contribution is 5.75. The molecule has 1 unspecified atom stereocenters. The van der Waals surface area contributed by atoms with Crippen molar-refractivity contribution in [3.8, 4) is 0 Å². The van der Waals surface area contributed by atoms with Gasteiger partial charge in [-0.1, -0.05) is 0 Å². The summed E-state index contributed by atoms with van der Waals surface area (Å²) >= 11 is 0. The number of rotatable bonds is 5. The minimum Gasteiger partial charge on any atom is -0.352 e. The standard InChI is InChI=1S/C16H27N5O2/c1-12-10-13(2)21(19-12)9-5-7-17-16(23)20-8-4-6-15(11-20)18-14(3)22/h10,15H,4-9,11H2,1-3H3,(H,17,23)(H,18,22). The molecule has 3 amide bonds. The Kier molecular flexibility index (Phi) is 6.01. The van der Waals surface area contributed by atoms with Crippen molar-refractivity contribution in [2.75, 3.05) is 19.6 Å². The molecule has 1 aliphatic heterocycles. The van der Waals surface area contributed by atoms with Gasteiger partial charge in [-0.15, -0.1) is 0 Å². The van der Waals surface area contributed by atoms with Gasteiger partial charge in [-0.3, -0.25) is 9.48 Å². The van der Waals surface area contributed by atoms with Crippen LogP contribution in [-0.4, -0.2) is 52.3 Å². The molecule has 7 heteroatoms. The SMILES string of the molecule is CC(=O)NC1CCCN(C(=O)NCCCn2nc(C)cc2C)C1. The normalized spacial score (nSPS) is 17.9. The number of aryl methyl sites for hydroxylation is 3. The van der Waals surface area contributed by atoms with E-state index in [1.807, 2.05) is 18.5 Å². The van der Waals surface area contributed by atoms with Gasteiger partial charge in [0.1, 0.15) is 0 Å². The van der Waals surface area contributed by atoms with Crippen molar-refractivity contribution < 1.29 is 9.59 Å². The van der Waals surface area contributed by atoms with Gasteiger partial charge in [0.05, 0.1) is 5.69 Å². The van der Waals surface area contributed by atoms with E-state index in [0.29, 0.717) is 13.1 Å². The number of carbonyl (C=O) groups is 2. The van der Waals surface area contributed by atoms with Crippen LogP contribution < -0.4 is 10.6 Å². The number of hydrogen-bond acceptors (Lipinski definition) is 3. The van der Waals surface area contributed by atoms with Gasteiger partial charge in [-0.2, -0.15) is 5.10 Å². The van der Waals surface area contributed by atoms with Gasteiger partial charge in [-0.05, 0) is 39.2 Å². The fourth-order valence-corrected chi connectivity index (χ4v) is 3.00. The van der Waals surface area contributed by atoms with Gasteiger partial charge in [-0.25, -0.2) is 4.79 Å². The summed E-state index contributed by atoms with van der Waals surface area (Å²) in [4.78, 5) is 25.1. The smallest absolute Gasteiger partial charge is 0.317 e. The maximum absolute atomic E-state index is 12.2. The molecule has 0 aromatic carbocycles. The van der Waals surface area contributed by atoms with Gasteiger partial charge < -0.3 is 15.5 Å². The molecular weight excluding hydrogens is 294 g/mol. The summed E-state index contributed by atoms with van der Waals surface area (Å²) in [5.41, 5.74) is 2.16. The topological polar surface area (TPSA) is 79.3 Å². The second-order valence-electron chi connectivity index (χ2n) is 6.22. The molecule has 7 nitrogen and oxygen atoms in total. The summed E-state index contributed by atoms with van der Waals surface area (Å²) in [7, 11) is 0. The monoisotopic (exact) mass is 321 g/mol. The maximum atomic E-state index is 12.2. The number of piperidine rings is 1. The van der Waals surface area contributed by atoms with Crippen LogP contribution in [0.2, 0.25) is 0 Å².